The van der Waals surface area contributed by atoms with Gasteiger partial charge in [0.1, 0.15) is 5.60 Å². The monoisotopic (exact) mass is 199 g/mol. The molecule has 1 rings (SSSR count). The molecular formula is C11H21NO2. The molecule has 0 aliphatic carbocycles. The number of nitrogens with zero attached hydrogens (tertiary/aromatic N) is 1. The minimum atomic E-state index is -0.675. The lowest BCUT2D eigenvalue weighted by molar-refractivity contribution is -0.154. The Morgan fingerprint density at radius 1 is 1.43 bits per heavy atom. The van der Waals surface area contributed by atoms with Gasteiger partial charge in [0, 0.05) is 19.7 Å². The molecule has 0 N–H and O–H groups in total. The molecule has 0 aromatic rings. The summed E-state index contributed by atoms with van der Waals surface area (Å²) in [5, 5.41) is 0. The van der Waals surface area contributed by atoms with Crippen LogP contribution in [0.1, 0.15) is 40.0 Å². The molecule has 1 heterocycles. The van der Waals surface area contributed by atoms with Crippen LogP contribution >= 0.6 is 0 Å². The van der Waals surface area contributed by atoms with Crippen molar-refractivity contribution in [1.29, 1.82) is 0 Å². The minimum absolute atomic E-state index is 0.118. The number of ether oxygens (including phenoxy) is 1. The van der Waals surface area contributed by atoms with Gasteiger partial charge in [0.15, 0.2) is 0 Å². The molecule has 0 aromatic heterocycles. The fourth-order valence-electron chi connectivity index (χ4n) is 1.83. The van der Waals surface area contributed by atoms with Crippen molar-refractivity contribution in [2.24, 2.45) is 0 Å². The molecule has 3 heteroatoms. The lowest BCUT2D eigenvalue weighted by Gasteiger charge is -2.38. The van der Waals surface area contributed by atoms with Gasteiger partial charge in [-0.15, -0.1) is 0 Å². The Labute approximate surface area is 86.4 Å². The summed E-state index contributed by atoms with van der Waals surface area (Å²) in [5.74, 6) is 0.118. The molecule has 1 fully saturated rings. The van der Waals surface area contributed by atoms with Crippen LogP contribution in [-0.2, 0) is 9.53 Å². The van der Waals surface area contributed by atoms with Crippen LogP contribution in [-0.4, -0.2) is 36.1 Å². The molecule has 1 aliphatic heterocycles. The molecule has 1 amide bonds. The fourth-order valence-corrected chi connectivity index (χ4v) is 1.83. The van der Waals surface area contributed by atoms with E-state index in [1.807, 2.05) is 18.7 Å². The molecule has 3 nitrogen and oxygen atoms in total. The first kappa shape index (κ1) is 11.5. The second-order valence-corrected chi connectivity index (χ2v) is 4.56. The molecule has 0 bridgehead atoms. The molecule has 1 unspecified atom stereocenters. The molecule has 0 radical (unpaired) electrons. The maximum Gasteiger partial charge on any atom is 0.254 e. The van der Waals surface area contributed by atoms with Crippen molar-refractivity contribution in [2.75, 3.05) is 13.7 Å². The highest BCUT2D eigenvalue weighted by Crippen LogP contribution is 2.21. The molecule has 0 spiro atoms. The molecule has 1 saturated heterocycles. The van der Waals surface area contributed by atoms with Gasteiger partial charge in [0.2, 0.25) is 0 Å². The van der Waals surface area contributed by atoms with Crippen LogP contribution in [0.3, 0.4) is 0 Å². The van der Waals surface area contributed by atoms with Crippen LogP contribution in [0.5, 0.6) is 0 Å². The van der Waals surface area contributed by atoms with E-state index in [0.29, 0.717) is 6.04 Å². The Morgan fingerprint density at radius 3 is 2.57 bits per heavy atom. The van der Waals surface area contributed by atoms with Crippen LogP contribution in [0.25, 0.3) is 0 Å². The van der Waals surface area contributed by atoms with Gasteiger partial charge in [-0.05, 0) is 40.0 Å². The molecule has 0 saturated carbocycles. The van der Waals surface area contributed by atoms with Gasteiger partial charge in [-0.1, -0.05) is 0 Å². The molecule has 1 aliphatic rings. The SMILES string of the molecule is COC(C)(C)C(=O)N1CCCCC1C. The summed E-state index contributed by atoms with van der Waals surface area (Å²) in [4.78, 5) is 14.0. The maximum absolute atomic E-state index is 12.1. The highest BCUT2D eigenvalue weighted by molar-refractivity contribution is 5.84. The number of amides is 1. The zero-order chi connectivity index (χ0) is 10.8. The molecule has 0 aromatic carbocycles. The summed E-state index contributed by atoms with van der Waals surface area (Å²) in [6.45, 7) is 6.66. The Bertz CT molecular complexity index is 213. The predicted molar refractivity (Wildman–Crippen MR) is 56.1 cm³/mol. The molecule has 82 valence electrons. The summed E-state index contributed by atoms with van der Waals surface area (Å²) in [6.07, 6.45) is 3.47. The second-order valence-electron chi connectivity index (χ2n) is 4.56. The average molecular weight is 199 g/mol. The van der Waals surface area contributed by atoms with Crippen molar-refractivity contribution in [2.45, 2.75) is 51.7 Å². The number of likely N-dealkylation sites (tertiary alicyclic amines) is 1. The highest BCUT2D eigenvalue weighted by Gasteiger charge is 2.34. The fraction of sp³-hybridized carbons (Fsp3) is 0.909. The van der Waals surface area contributed by atoms with Gasteiger partial charge >= 0.3 is 0 Å². The summed E-state index contributed by atoms with van der Waals surface area (Å²) >= 11 is 0. The normalized spacial score (nSPS) is 23.7. The third-order valence-electron chi connectivity index (χ3n) is 3.09. The Hall–Kier alpha value is -0.570. The Morgan fingerprint density at radius 2 is 2.07 bits per heavy atom. The lowest BCUT2D eigenvalue weighted by atomic mass is 9.99. The minimum Gasteiger partial charge on any atom is -0.369 e. The smallest absolute Gasteiger partial charge is 0.254 e. The van der Waals surface area contributed by atoms with Crippen molar-refractivity contribution in [3.8, 4) is 0 Å². The third kappa shape index (κ3) is 2.27. The van der Waals surface area contributed by atoms with E-state index in [1.54, 1.807) is 7.11 Å². The van der Waals surface area contributed by atoms with Crippen LogP contribution in [0, 0.1) is 0 Å². The molecule has 14 heavy (non-hydrogen) atoms. The van der Waals surface area contributed by atoms with Crippen LogP contribution in [0.2, 0.25) is 0 Å². The zero-order valence-electron chi connectivity index (χ0n) is 9.67. The van der Waals surface area contributed by atoms with Crippen LogP contribution < -0.4 is 0 Å². The van der Waals surface area contributed by atoms with E-state index in [1.165, 1.54) is 6.42 Å². The number of hydrogen-bond donors (Lipinski definition) is 0. The topological polar surface area (TPSA) is 29.5 Å². The van der Waals surface area contributed by atoms with E-state index in [9.17, 15) is 4.79 Å². The largest absolute Gasteiger partial charge is 0.369 e. The number of rotatable bonds is 2. The first-order chi connectivity index (χ1) is 6.49. The van der Waals surface area contributed by atoms with E-state index >= 15 is 0 Å². The van der Waals surface area contributed by atoms with E-state index in [4.69, 9.17) is 4.74 Å². The number of carbonyl (C=O) groups is 1. The number of methoxy groups -OCH3 is 1. The van der Waals surface area contributed by atoms with Crippen LogP contribution in [0.15, 0.2) is 0 Å². The Kier molecular flexibility index (Phi) is 3.53. The van der Waals surface area contributed by atoms with E-state index in [0.717, 1.165) is 19.4 Å². The van der Waals surface area contributed by atoms with Gasteiger partial charge in [-0.2, -0.15) is 0 Å². The number of piperidine rings is 1. The summed E-state index contributed by atoms with van der Waals surface area (Å²) in [7, 11) is 1.59. The number of carbonyl (C=O) groups excluding carboxylic acids is 1. The van der Waals surface area contributed by atoms with Crippen molar-refractivity contribution in [3.05, 3.63) is 0 Å². The van der Waals surface area contributed by atoms with Crippen molar-refractivity contribution in [3.63, 3.8) is 0 Å². The van der Waals surface area contributed by atoms with Crippen molar-refractivity contribution in [1.82, 2.24) is 4.90 Å². The van der Waals surface area contributed by atoms with Gasteiger partial charge in [0.05, 0.1) is 0 Å². The Balaban J connectivity index is 2.67. The molecule has 1 atom stereocenters. The van der Waals surface area contributed by atoms with Gasteiger partial charge < -0.3 is 9.64 Å². The van der Waals surface area contributed by atoms with Crippen LogP contribution in [0.4, 0.5) is 0 Å². The van der Waals surface area contributed by atoms with Gasteiger partial charge in [0.25, 0.3) is 5.91 Å². The summed E-state index contributed by atoms with van der Waals surface area (Å²) in [5.41, 5.74) is -0.675. The third-order valence-corrected chi connectivity index (χ3v) is 3.09. The van der Waals surface area contributed by atoms with Gasteiger partial charge in [-0.3, -0.25) is 4.79 Å². The number of hydrogen-bond acceptors (Lipinski definition) is 2. The van der Waals surface area contributed by atoms with E-state index < -0.39 is 5.60 Å². The maximum atomic E-state index is 12.1. The predicted octanol–water partition coefficient (Wildman–Crippen LogP) is 1.81. The van der Waals surface area contributed by atoms with Gasteiger partial charge in [-0.25, -0.2) is 0 Å². The summed E-state index contributed by atoms with van der Waals surface area (Å²) in [6, 6.07) is 0.366. The zero-order valence-corrected chi connectivity index (χ0v) is 9.67. The summed E-state index contributed by atoms with van der Waals surface area (Å²) < 4.78 is 5.21. The first-order valence-electron chi connectivity index (χ1n) is 5.35. The standard InChI is InChI=1S/C11H21NO2/c1-9-7-5-6-8-12(9)10(13)11(2,3)14-4/h9H,5-8H2,1-4H3. The van der Waals surface area contributed by atoms with E-state index in [2.05, 4.69) is 6.92 Å². The van der Waals surface area contributed by atoms with Crippen molar-refractivity contribution >= 4 is 5.91 Å². The molecular weight excluding hydrogens is 178 g/mol. The van der Waals surface area contributed by atoms with Crippen molar-refractivity contribution < 1.29 is 9.53 Å². The lowest BCUT2D eigenvalue weighted by Crippen LogP contribution is -2.51. The van der Waals surface area contributed by atoms with E-state index in [-0.39, 0.29) is 5.91 Å². The highest BCUT2D eigenvalue weighted by atomic mass is 16.5. The average Bonchev–Trinajstić information content (AvgIpc) is 2.17. The second kappa shape index (κ2) is 4.30. The quantitative estimate of drug-likeness (QED) is 0.679. The first-order valence-corrected chi connectivity index (χ1v) is 5.35.